The molecular formula is C23H40O5. The molecule has 0 amide bonds. The SMILES string of the molecule is CCCC(Cc1ccc(OCCOCCOCCOCCO)cc1)C(C)CC. The molecule has 0 radical (unpaired) electrons. The van der Waals surface area contributed by atoms with Gasteiger partial charge in [0.25, 0.3) is 0 Å². The number of aliphatic hydroxyl groups is 1. The van der Waals surface area contributed by atoms with Gasteiger partial charge < -0.3 is 24.1 Å². The molecule has 0 spiro atoms. The van der Waals surface area contributed by atoms with Gasteiger partial charge in [-0.05, 0) is 36.0 Å². The molecule has 0 bridgehead atoms. The van der Waals surface area contributed by atoms with Crippen LogP contribution in [0.25, 0.3) is 0 Å². The van der Waals surface area contributed by atoms with Gasteiger partial charge in [0, 0.05) is 0 Å². The average molecular weight is 397 g/mol. The van der Waals surface area contributed by atoms with Crippen LogP contribution in [0.15, 0.2) is 24.3 Å². The van der Waals surface area contributed by atoms with Crippen molar-refractivity contribution in [3.63, 3.8) is 0 Å². The van der Waals surface area contributed by atoms with Crippen molar-refractivity contribution in [2.24, 2.45) is 11.8 Å². The fourth-order valence-corrected chi connectivity index (χ4v) is 3.14. The molecule has 0 saturated carbocycles. The molecule has 0 heterocycles. The van der Waals surface area contributed by atoms with Gasteiger partial charge >= 0.3 is 0 Å². The van der Waals surface area contributed by atoms with Gasteiger partial charge in [-0.2, -0.15) is 0 Å². The molecule has 2 unspecified atom stereocenters. The molecule has 0 fully saturated rings. The summed E-state index contributed by atoms with van der Waals surface area (Å²) in [7, 11) is 0. The van der Waals surface area contributed by atoms with Crippen LogP contribution in [0.2, 0.25) is 0 Å². The van der Waals surface area contributed by atoms with Crippen LogP contribution >= 0.6 is 0 Å². The smallest absolute Gasteiger partial charge is 0.119 e. The minimum atomic E-state index is 0.0449. The minimum absolute atomic E-state index is 0.0449. The summed E-state index contributed by atoms with van der Waals surface area (Å²) >= 11 is 0. The van der Waals surface area contributed by atoms with E-state index in [1.165, 1.54) is 24.8 Å². The highest BCUT2D eigenvalue weighted by Crippen LogP contribution is 2.25. The van der Waals surface area contributed by atoms with Crippen molar-refractivity contribution in [2.75, 3.05) is 52.9 Å². The van der Waals surface area contributed by atoms with Gasteiger partial charge in [0.2, 0.25) is 0 Å². The Labute approximate surface area is 171 Å². The number of aliphatic hydroxyl groups excluding tert-OH is 1. The van der Waals surface area contributed by atoms with E-state index >= 15 is 0 Å². The first-order valence-corrected chi connectivity index (χ1v) is 10.8. The topological polar surface area (TPSA) is 57.2 Å². The van der Waals surface area contributed by atoms with Gasteiger partial charge in [0.1, 0.15) is 12.4 Å². The van der Waals surface area contributed by atoms with Crippen LogP contribution in [0.3, 0.4) is 0 Å². The molecule has 162 valence electrons. The van der Waals surface area contributed by atoms with Crippen LogP contribution in [0.1, 0.15) is 45.6 Å². The lowest BCUT2D eigenvalue weighted by atomic mass is 9.83. The summed E-state index contributed by atoms with van der Waals surface area (Å²) in [6, 6.07) is 8.50. The first kappa shape index (κ1) is 24.9. The van der Waals surface area contributed by atoms with Gasteiger partial charge in [-0.3, -0.25) is 0 Å². The lowest BCUT2D eigenvalue weighted by molar-refractivity contribution is 0.00361. The maximum absolute atomic E-state index is 8.57. The quantitative estimate of drug-likeness (QED) is 0.378. The molecule has 1 rings (SSSR count). The Balaban J connectivity index is 2.13. The van der Waals surface area contributed by atoms with E-state index in [4.69, 9.17) is 24.1 Å². The monoisotopic (exact) mass is 396 g/mol. The summed E-state index contributed by atoms with van der Waals surface area (Å²) in [5.41, 5.74) is 1.39. The average Bonchev–Trinajstić information content (AvgIpc) is 2.72. The van der Waals surface area contributed by atoms with Crippen molar-refractivity contribution >= 4 is 0 Å². The standard InChI is InChI=1S/C23H40O5/c1-4-6-22(20(3)5-2)19-21-7-9-23(10-8-21)28-18-17-27-16-15-26-14-13-25-12-11-24/h7-10,20,22,24H,4-6,11-19H2,1-3H3. The molecule has 5 heteroatoms. The van der Waals surface area contributed by atoms with E-state index in [1.54, 1.807) is 0 Å². The highest BCUT2D eigenvalue weighted by atomic mass is 16.6. The third-order valence-electron chi connectivity index (χ3n) is 5.01. The first-order valence-electron chi connectivity index (χ1n) is 10.8. The third kappa shape index (κ3) is 11.6. The number of hydrogen-bond donors (Lipinski definition) is 1. The van der Waals surface area contributed by atoms with E-state index in [9.17, 15) is 0 Å². The van der Waals surface area contributed by atoms with Crippen LogP contribution in [0, 0.1) is 11.8 Å². The lowest BCUT2D eigenvalue weighted by Crippen LogP contribution is -2.14. The third-order valence-corrected chi connectivity index (χ3v) is 5.01. The van der Waals surface area contributed by atoms with Gasteiger partial charge in [0.15, 0.2) is 0 Å². The molecule has 2 atom stereocenters. The molecule has 0 saturated heterocycles. The van der Waals surface area contributed by atoms with Crippen LogP contribution in [0.4, 0.5) is 0 Å². The van der Waals surface area contributed by atoms with E-state index < -0.39 is 0 Å². The predicted molar refractivity (Wildman–Crippen MR) is 113 cm³/mol. The Kier molecular flexibility index (Phi) is 14.9. The first-order chi connectivity index (χ1) is 13.7. The van der Waals surface area contributed by atoms with E-state index in [0.717, 1.165) is 24.0 Å². The molecule has 0 aliphatic carbocycles. The van der Waals surface area contributed by atoms with Gasteiger partial charge in [0.05, 0.1) is 46.2 Å². The maximum atomic E-state index is 8.57. The van der Waals surface area contributed by atoms with Gasteiger partial charge in [-0.15, -0.1) is 0 Å². The number of benzene rings is 1. The molecule has 1 aromatic rings. The highest BCUT2D eigenvalue weighted by molar-refractivity contribution is 5.27. The lowest BCUT2D eigenvalue weighted by Gasteiger charge is -2.22. The summed E-state index contributed by atoms with van der Waals surface area (Å²) in [6.45, 7) is 10.5. The summed E-state index contributed by atoms with van der Waals surface area (Å²) in [5, 5.41) is 8.57. The molecule has 0 aromatic heterocycles. The zero-order valence-corrected chi connectivity index (χ0v) is 18.0. The minimum Gasteiger partial charge on any atom is -0.491 e. The van der Waals surface area contributed by atoms with E-state index in [-0.39, 0.29) is 6.61 Å². The molecule has 1 aromatic carbocycles. The molecular weight excluding hydrogens is 356 g/mol. The van der Waals surface area contributed by atoms with Crippen molar-refractivity contribution in [1.29, 1.82) is 0 Å². The summed E-state index contributed by atoms with van der Waals surface area (Å²) in [4.78, 5) is 0. The number of hydrogen-bond acceptors (Lipinski definition) is 5. The Bertz CT molecular complexity index is 463. The second-order valence-electron chi connectivity index (χ2n) is 7.19. The van der Waals surface area contributed by atoms with Crippen LogP contribution in [-0.2, 0) is 20.6 Å². The summed E-state index contributed by atoms with van der Waals surface area (Å²) in [6.07, 6.45) is 4.94. The summed E-state index contributed by atoms with van der Waals surface area (Å²) in [5.74, 6) is 2.42. The van der Waals surface area contributed by atoms with Crippen molar-refractivity contribution in [3.8, 4) is 5.75 Å². The van der Waals surface area contributed by atoms with E-state index in [2.05, 4.69) is 45.0 Å². The fourth-order valence-electron chi connectivity index (χ4n) is 3.14. The predicted octanol–water partition coefficient (Wildman–Crippen LogP) is 4.11. The zero-order valence-electron chi connectivity index (χ0n) is 18.0. The Morgan fingerprint density at radius 3 is 1.93 bits per heavy atom. The molecule has 5 nitrogen and oxygen atoms in total. The molecule has 0 aliphatic heterocycles. The molecule has 0 aliphatic rings. The number of ether oxygens (including phenoxy) is 4. The second kappa shape index (κ2) is 16.8. The van der Waals surface area contributed by atoms with Gasteiger partial charge in [-0.25, -0.2) is 0 Å². The highest BCUT2D eigenvalue weighted by Gasteiger charge is 2.15. The number of rotatable bonds is 18. The van der Waals surface area contributed by atoms with Crippen molar-refractivity contribution < 1.29 is 24.1 Å². The molecule has 1 N–H and O–H groups in total. The second-order valence-corrected chi connectivity index (χ2v) is 7.19. The van der Waals surface area contributed by atoms with Crippen LogP contribution in [0.5, 0.6) is 5.75 Å². The largest absolute Gasteiger partial charge is 0.491 e. The Morgan fingerprint density at radius 1 is 0.821 bits per heavy atom. The van der Waals surface area contributed by atoms with Crippen LogP contribution < -0.4 is 4.74 Å². The Morgan fingerprint density at radius 2 is 1.39 bits per heavy atom. The van der Waals surface area contributed by atoms with Gasteiger partial charge in [-0.1, -0.05) is 52.2 Å². The summed E-state index contributed by atoms with van der Waals surface area (Å²) < 4.78 is 21.7. The van der Waals surface area contributed by atoms with Crippen LogP contribution in [-0.4, -0.2) is 58.0 Å². The van der Waals surface area contributed by atoms with E-state index in [0.29, 0.717) is 46.2 Å². The fraction of sp³-hybridized carbons (Fsp3) is 0.739. The van der Waals surface area contributed by atoms with E-state index in [1.807, 2.05) is 0 Å². The molecule has 28 heavy (non-hydrogen) atoms. The zero-order chi connectivity index (χ0) is 20.5. The Hall–Kier alpha value is -1.14. The van der Waals surface area contributed by atoms with Crippen molar-refractivity contribution in [1.82, 2.24) is 0 Å². The van der Waals surface area contributed by atoms with Crippen molar-refractivity contribution in [2.45, 2.75) is 46.5 Å². The normalized spacial score (nSPS) is 13.4. The van der Waals surface area contributed by atoms with Crippen molar-refractivity contribution in [3.05, 3.63) is 29.8 Å². The maximum Gasteiger partial charge on any atom is 0.119 e.